The zero-order valence-electron chi connectivity index (χ0n) is 29.1. The van der Waals surface area contributed by atoms with Gasteiger partial charge in [0, 0.05) is 22.2 Å². The van der Waals surface area contributed by atoms with Gasteiger partial charge in [-0.25, -0.2) is 15.0 Å². The summed E-state index contributed by atoms with van der Waals surface area (Å²) in [6, 6.07) is 40.4. The molecule has 0 aliphatic heterocycles. The molecule has 0 amide bonds. The van der Waals surface area contributed by atoms with Crippen molar-refractivity contribution in [2.75, 3.05) is 0 Å². The Bertz CT molecular complexity index is 2860. The van der Waals surface area contributed by atoms with Gasteiger partial charge in [-0.05, 0) is 92.9 Å². The average Bonchev–Trinajstić information content (AvgIpc) is 3.60. The molecule has 2 aromatic heterocycles. The molecular weight excluding hydrogens is 633 g/mol. The third kappa shape index (κ3) is 5.03. The molecule has 6 aromatic carbocycles. The smallest absolute Gasteiger partial charge is 0.160 e. The highest BCUT2D eigenvalue weighted by Gasteiger charge is 2.21. The predicted octanol–water partition coefficient (Wildman–Crippen LogP) is 12.1. The number of nitrogens with zero attached hydrogens (tertiary/aromatic N) is 4. The van der Waals surface area contributed by atoms with E-state index in [2.05, 4.69) is 128 Å². The van der Waals surface area contributed by atoms with Crippen molar-refractivity contribution in [3.63, 3.8) is 0 Å². The summed E-state index contributed by atoms with van der Waals surface area (Å²) in [7, 11) is 0. The maximum Gasteiger partial charge on any atom is 0.160 e. The van der Waals surface area contributed by atoms with E-state index in [4.69, 9.17) is 15.0 Å². The molecule has 4 heteroatoms. The van der Waals surface area contributed by atoms with Crippen molar-refractivity contribution in [2.24, 2.45) is 9.98 Å². The van der Waals surface area contributed by atoms with Crippen molar-refractivity contribution in [3.8, 4) is 0 Å². The van der Waals surface area contributed by atoms with Crippen molar-refractivity contribution in [1.29, 1.82) is 0 Å². The number of hydrogen-bond acceptors (Lipinski definition) is 2. The van der Waals surface area contributed by atoms with Crippen LogP contribution >= 0.6 is 0 Å². The fourth-order valence-electron chi connectivity index (χ4n) is 7.81. The zero-order valence-corrected chi connectivity index (χ0v) is 29.1. The lowest BCUT2D eigenvalue weighted by Crippen LogP contribution is -2.06. The normalized spacial score (nSPS) is 13.3. The Kier molecular flexibility index (Phi) is 7.59. The summed E-state index contributed by atoms with van der Waals surface area (Å²) in [5.41, 5.74) is 9.48. The number of imidazole rings is 1. The second kappa shape index (κ2) is 12.6. The van der Waals surface area contributed by atoms with Crippen molar-refractivity contribution < 1.29 is 0 Å². The van der Waals surface area contributed by atoms with E-state index >= 15 is 0 Å². The lowest BCUT2D eigenvalue weighted by Gasteiger charge is -2.15. The minimum atomic E-state index is 0.582. The minimum Gasteiger partial charge on any atom is -0.296 e. The molecule has 0 bridgehead atoms. The molecule has 0 saturated carbocycles. The van der Waals surface area contributed by atoms with Gasteiger partial charge < -0.3 is 0 Å². The highest BCUT2D eigenvalue weighted by atomic mass is 15.0. The molecule has 0 fully saturated rings. The zero-order chi connectivity index (χ0) is 35.3. The lowest BCUT2D eigenvalue weighted by atomic mass is 9.93. The van der Waals surface area contributed by atoms with E-state index in [1.807, 2.05) is 42.5 Å². The van der Waals surface area contributed by atoms with Gasteiger partial charge in [-0.3, -0.25) is 4.40 Å². The van der Waals surface area contributed by atoms with Crippen LogP contribution in [-0.4, -0.2) is 20.9 Å². The SMILES string of the molecule is C=Cc1c(C=C)n2c3c(nc2c2cc(C(N=C(C)c4ccc5c6ccccc6c6ccccc6c5c4)=NC(=C)c4ccccc4)ccc12)C=CCC3. The van der Waals surface area contributed by atoms with Crippen LogP contribution < -0.4 is 0 Å². The second-order valence-electron chi connectivity index (χ2n) is 13.3. The molecule has 0 spiro atoms. The van der Waals surface area contributed by atoms with Crippen LogP contribution in [0.15, 0.2) is 151 Å². The first-order valence-electron chi connectivity index (χ1n) is 17.7. The van der Waals surface area contributed by atoms with E-state index < -0.39 is 0 Å². The molecule has 0 atom stereocenters. The Morgan fingerprint density at radius 2 is 1.27 bits per heavy atom. The number of fused-ring (bicyclic) bond motifs is 11. The molecule has 1 aliphatic rings. The fraction of sp³-hybridized carbons (Fsp3) is 0.0625. The Hall–Kier alpha value is -6.65. The summed E-state index contributed by atoms with van der Waals surface area (Å²) in [6.45, 7) is 14.8. The molecule has 2 heterocycles. The van der Waals surface area contributed by atoms with Crippen LogP contribution in [-0.2, 0) is 6.42 Å². The molecule has 0 N–H and O–H groups in total. The maximum absolute atomic E-state index is 5.29. The third-order valence-electron chi connectivity index (χ3n) is 10.3. The minimum absolute atomic E-state index is 0.582. The van der Waals surface area contributed by atoms with Gasteiger partial charge in [0.25, 0.3) is 0 Å². The number of amidine groups is 1. The number of aromatic nitrogens is 2. The Morgan fingerprint density at radius 3 is 1.96 bits per heavy atom. The summed E-state index contributed by atoms with van der Waals surface area (Å²) in [4.78, 5) is 15.6. The van der Waals surface area contributed by atoms with Crippen molar-refractivity contribution in [3.05, 3.63) is 180 Å². The Balaban J connectivity index is 1.26. The maximum atomic E-state index is 5.29. The van der Waals surface area contributed by atoms with Gasteiger partial charge in [-0.2, -0.15) is 0 Å². The largest absolute Gasteiger partial charge is 0.296 e. The number of aliphatic imine (C=N–C) groups is 2. The topological polar surface area (TPSA) is 42.0 Å². The fourth-order valence-corrected chi connectivity index (χ4v) is 7.81. The van der Waals surface area contributed by atoms with Crippen molar-refractivity contribution in [1.82, 2.24) is 9.38 Å². The average molecular weight is 669 g/mol. The quantitative estimate of drug-likeness (QED) is 0.0988. The van der Waals surface area contributed by atoms with E-state index in [0.717, 1.165) is 68.6 Å². The Labute approximate surface area is 302 Å². The van der Waals surface area contributed by atoms with Gasteiger partial charge in [-0.15, -0.1) is 0 Å². The van der Waals surface area contributed by atoms with Crippen LogP contribution in [0.25, 0.3) is 72.7 Å². The third-order valence-corrected chi connectivity index (χ3v) is 10.3. The van der Waals surface area contributed by atoms with Crippen LogP contribution in [0.4, 0.5) is 0 Å². The highest BCUT2D eigenvalue weighted by Crippen LogP contribution is 2.36. The standard InChI is InChI=1S/C48H36N4/c1-5-35-40-27-25-34(29-43(40)48-51-44-22-14-15-23-46(44)52(48)45(35)6-2)47(49-30(3)32-16-8-7-9-17-32)50-31(4)33-24-26-41-38-20-11-10-18-36(38)37-19-12-13-21-39(37)42(41)28-33/h5-14,16-22,24-29H,1-3,15,23H2,4H3. The first-order valence-corrected chi connectivity index (χ1v) is 17.7. The van der Waals surface area contributed by atoms with Crippen LogP contribution in [0.3, 0.4) is 0 Å². The number of pyridine rings is 1. The lowest BCUT2D eigenvalue weighted by molar-refractivity contribution is 0.904. The van der Waals surface area contributed by atoms with E-state index in [0.29, 0.717) is 11.5 Å². The van der Waals surface area contributed by atoms with E-state index in [9.17, 15) is 0 Å². The van der Waals surface area contributed by atoms with Gasteiger partial charge in [0.05, 0.1) is 22.8 Å². The van der Waals surface area contributed by atoms with Crippen molar-refractivity contribution >= 4 is 84.2 Å². The van der Waals surface area contributed by atoms with Crippen LogP contribution in [0, 0.1) is 0 Å². The summed E-state index contributed by atoms with van der Waals surface area (Å²) >= 11 is 0. The molecule has 9 rings (SSSR count). The molecule has 52 heavy (non-hydrogen) atoms. The van der Waals surface area contributed by atoms with E-state index in [1.165, 1.54) is 38.0 Å². The molecule has 1 aliphatic carbocycles. The highest BCUT2D eigenvalue weighted by molar-refractivity contribution is 6.26. The van der Waals surface area contributed by atoms with Gasteiger partial charge in [0.2, 0.25) is 0 Å². The Morgan fingerprint density at radius 1 is 0.654 bits per heavy atom. The first-order chi connectivity index (χ1) is 25.5. The van der Waals surface area contributed by atoms with Gasteiger partial charge >= 0.3 is 0 Å². The van der Waals surface area contributed by atoms with Gasteiger partial charge in [0.15, 0.2) is 5.84 Å². The molecule has 0 unspecified atom stereocenters. The molecule has 248 valence electrons. The van der Waals surface area contributed by atoms with E-state index in [1.54, 1.807) is 0 Å². The number of hydrogen-bond donors (Lipinski definition) is 0. The molecule has 8 aromatic rings. The molecular formula is C48H36N4. The number of aryl methyl sites for hydroxylation is 1. The summed E-state index contributed by atoms with van der Waals surface area (Å²) < 4.78 is 2.26. The number of benzene rings is 6. The summed E-state index contributed by atoms with van der Waals surface area (Å²) in [5.74, 6) is 0.582. The van der Waals surface area contributed by atoms with Crippen LogP contribution in [0.1, 0.15) is 52.7 Å². The number of rotatable bonds is 6. The summed E-state index contributed by atoms with van der Waals surface area (Å²) in [5, 5.41) is 9.48. The second-order valence-corrected chi connectivity index (χ2v) is 13.3. The molecule has 0 radical (unpaired) electrons. The monoisotopic (exact) mass is 668 g/mol. The van der Waals surface area contributed by atoms with Crippen LogP contribution in [0.5, 0.6) is 0 Å². The van der Waals surface area contributed by atoms with E-state index in [-0.39, 0.29) is 0 Å². The van der Waals surface area contributed by atoms with Crippen molar-refractivity contribution in [2.45, 2.75) is 19.8 Å². The van der Waals surface area contributed by atoms with Gasteiger partial charge in [-0.1, -0.05) is 135 Å². The summed E-state index contributed by atoms with van der Waals surface area (Å²) in [6.07, 6.45) is 10.1. The molecule has 0 saturated heterocycles. The first kappa shape index (κ1) is 31.3. The predicted molar refractivity (Wildman–Crippen MR) is 223 cm³/mol. The number of allylic oxidation sites excluding steroid dienone is 1. The molecule has 4 nitrogen and oxygen atoms in total. The van der Waals surface area contributed by atoms with Crippen LogP contribution in [0.2, 0.25) is 0 Å². The van der Waals surface area contributed by atoms with Gasteiger partial charge in [0.1, 0.15) is 5.65 Å².